The van der Waals surface area contributed by atoms with Crippen molar-refractivity contribution in [3.8, 4) is 0 Å². The van der Waals surface area contributed by atoms with Crippen LogP contribution in [0, 0.1) is 0 Å². The topological polar surface area (TPSA) is 3.88 Å². The van der Waals surface area contributed by atoms with Gasteiger partial charge in [-0.25, -0.2) is 4.57 Å². The number of rotatable bonds is 0. The first-order valence-electron chi connectivity index (χ1n) is 6.53. The van der Waals surface area contributed by atoms with Crippen LogP contribution in [0.3, 0.4) is 0 Å². The van der Waals surface area contributed by atoms with E-state index < -0.39 is 0 Å². The van der Waals surface area contributed by atoms with Crippen molar-refractivity contribution in [2.75, 3.05) is 0 Å². The van der Waals surface area contributed by atoms with E-state index in [1.54, 1.807) is 0 Å². The van der Waals surface area contributed by atoms with Crippen LogP contribution in [-0.2, 0) is 7.05 Å². The molecule has 0 aliphatic heterocycles. The maximum atomic E-state index is 2.24. The Morgan fingerprint density at radius 3 is 2.32 bits per heavy atom. The van der Waals surface area contributed by atoms with Crippen molar-refractivity contribution in [1.82, 2.24) is 0 Å². The average Bonchev–Trinajstić information content (AvgIpc) is 2.46. The van der Waals surface area contributed by atoms with Crippen molar-refractivity contribution in [2.45, 2.75) is 0 Å². The lowest BCUT2D eigenvalue weighted by molar-refractivity contribution is -0.644. The first kappa shape index (κ1) is 10.5. The minimum absolute atomic E-state index is 1.28. The molecular formula is C18H14N+. The molecule has 0 saturated carbocycles. The number of fused-ring (bicyclic) bond motifs is 5. The number of benzene rings is 3. The number of hydrogen-bond acceptors (Lipinski definition) is 0. The summed E-state index contributed by atoms with van der Waals surface area (Å²) in [5.74, 6) is 0. The van der Waals surface area contributed by atoms with Gasteiger partial charge in [-0.2, -0.15) is 0 Å². The molecule has 0 aliphatic rings. The van der Waals surface area contributed by atoms with Crippen LogP contribution in [0.2, 0.25) is 0 Å². The van der Waals surface area contributed by atoms with E-state index in [1.165, 1.54) is 32.4 Å². The molecule has 1 heteroatoms. The van der Waals surface area contributed by atoms with Crippen LogP contribution in [0.15, 0.2) is 66.9 Å². The Labute approximate surface area is 111 Å². The number of aryl methyl sites for hydroxylation is 1. The molecule has 90 valence electrons. The Balaban J connectivity index is 2.32. The SMILES string of the molecule is C[n+]1cccc2ccc3c4ccccc4ccc3c21. The second-order valence-electron chi connectivity index (χ2n) is 5.00. The summed E-state index contributed by atoms with van der Waals surface area (Å²) in [6.45, 7) is 0. The van der Waals surface area contributed by atoms with Gasteiger partial charge in [0.2, 0.25) is 5.52 Å². The third-order valence-electron chi connectivity index (χ3n) is 3.87. The largest absolute Gasteiger partial charge is 0.220 e. The molecule has 0 unspecified atom stereocenters. The smallest absolute Gasteiger partial charge is 0.200 e. The van der Waals surface area contributed by atoms with Crippen molar-refractivity contribution >= 4 is 32.4 Å². The van der Waals surface area contributed by atoms with E-state index in [0.29, 0.717) is 0 Å². The lowest BCUT2D eigenvalue weighted by Gasteiger charge is -2.05. The van der Waals surface area contributed by atoms with Gasteiger partial charge >= 0.3 is 0 Å². The molecule has 19 heavy (non-hydrogen) atoms. The fourth-order valence-electron chi connectivity index (χ4n) is 2.97. The third kappa shape index (κ3) is 1.45. The summed E-state index contributed by atoms with van der Waals surface area (Å²) in [7, 11) is 2.11. The zero-order valence-electron chi connectivity index (χ0n) is 10.8. The number of nitrogens with zero attached hydrogens (tertiary/aromatic N) is 1. The quantitative estimate of drug-likeness (QED) is 0.325. The first-order valence-corrected chi connectivity index (χ1v) is 6.53. The third-order valence-corrected chi connectivity index (χ3v) is 3.87. The van der Waals surface area contributed by atoms with E-state index in [2.05, 4.69) is 78.5 Å². The van der Waals surface area contributed by atoms with E-state index in [4.69, 9.17) is 0 Å². The normalized spacial score (nSPS) is 11.4. The summed E-state index contributed by atoms with van der Waals surface area (Å²) in [5.41, 5.74) is 1.30. The van der Waals surface area contributed by atoms with Gasteiger partial charge in [0.1, 0.15) is 7.05 Å². The molecule has 0 fully saturated rings. The van der Waals surface area contributed by atoms with Crippen molar-refractivity contribution in [1.29, 1.82) is 0 Å². The Morgan fingerprint density at radius 2 is 1.37 bits per heavy atom. The molecule has 1 nitrogen and oxygen atoms in total. The lowest BCUT2D eigenvalue weighted by atomic mass is 9.99. The standard InChI is InChI=1S/C18H14N/c1-19-12-4-6-14-9-10-16-15-7-3-2-5-13(15)8-11-17(16)18(14)19/h2-12H,1H3/q+1. The highest BCUT2D eigenvalue weighted by molar-refractivity contribution is 6.15. The van der Waals surface area contributed by atoms with Crippen LogP contribution in [0.5, 0.6) is 0 Å². The second kappa shape index (κ2) is 3.79. The molecule has 0 saturated heterocycles. The lowest BCUT2D eigenvalue weighted by Crippen LogP contribution is -2.28. The Morgan fingerprint density at radius 1 is 0.632 bits per heavy atom. The fourth-order valence-corrected chi connectivity index (χ4v) is 2.97. The van der Waals surface area contributed by atoms with Gasteiger partial charge in [0, 0.05) is 11.5 Å². The highest BCUT2D eigenvalue weighted by Gasteiger charge is 2.10. The van der Waals surface area contributed by atoms with E-state index in [9.17, 15) is 0 Å². The van der Waals surface area contributed by atoms with Crippen molar-refractivity contribution in [3.63, 3.8) is 0 Å². The molecule has 1 heterocycles. The van der Waals surface area contributed by atoms with Crippen LogP contribution in [0.4, 0.5) is 0 Å². The molecule has 0 spiro atoms. The maximum Gasteiger partial charge on any atom is 0.220 e. The summed E-state index contributed by atoms with van der Waals surface area (Å²) in [6.07, 6.45) is 2.11. The van der Waals surface area contributed by atoms with Crippen LogP contribution in [-0.4, -0.2) is 0 Å². The first-order chi connectivity index (χ1) is 9.34. The van der Waals surface area contributed by atoms with E-state index in [-0.39, 0.29) is 0 Å². The van der Waals surface area contributed by atoms with Crippen LogP contribution < -0.4 is 4.57 Å². The van der Waals surface area contributed by atoms with Crippen LogP contribution >= 0.6 is 0 Å². The minimum Gasteiger partial charge on any atom is -0.200 e. The molecule has 0 atom stereocenters. The van der Waals surface area contributed by atoms with Crippen molar-refractivity contribution < 1.29 is 4.57 Å². The molecule has 4 rings (SSSR count). The Hall–Kier alpha value is -2.41. The van der Waals surface area contributed by atoms with Crippen LogP contribution in [0.1, 0.15) is 0 Å². The van der Waals surface area contributed by atoms with E-state index in [1.807, 2.05) is 0 Å². The van der Waals surface area contributed by atoms with Gasteiger partial charge in [-0.15, -0.1) is 0 Å². The maximum absolute atomic E-state index is 2.24. The molecule has 4 aromatic rings. The van der Waals surface area contributed by atoms with E-state index in [0.717, 1.165) is 0 Å². The van der Waals surface area contributed by atoms with Gasteiger partial charge in [0.15, 0.2) is 6.20 Å². The molecule has 0 aliphatic carbocycles. The summed E-state index contributed by atoms with van der Waals surface area (Å²) in [5, 5.41) is 6.55. The molecule has 3 aromatic carbocycles. The van der Waals surface area contributed by atoms with E-state index >= 15 is 0 Å². The number of pyridine rings is 1. The van der Waals surface area contributed by atoms with Gasteiger partial charge in [0.25, 0.3) is 0 Å². The second-order valence-corrected chi connectivity index (χ2v) is 5.00. The van der Waals surface area contributed by atoms with Gasteiger partial charge in [-0.05, 0) is 34.4 Å². The van der Waals surface area contributed by atoms with Gasteiger partial charge < -0.3 is 0 Å². The number of hydrogen-bond donors (Lipinski definition) is 0. The minimum atomic E-state index is 1.28. The Bertz CT molecular complexity index is 922. The summed E-state index contributed by atoms with van der Waals surface area (Å²) < 4.78 is 2.20. The summed E-state index contributed by atoms with van der Waals surface area (Å²) in [6, 6.07) is 21.7. The fraction of sp³-hybridized carbons (Fsp3) is 0.0556. The molecule has 0 radical (unpaired) electrons. The average molecular weight is 244 g/mol. The molecule has 0 bridgehead atoms. The van der Waals surface area contributed by atoms with Crippen molar-refractivity contribution in [3.05, 3.63) is 66.9 Å². The predicted molar refractivity (Wildman–Crippen MR) is 80.1 cm³/mol. The van der Waals surface area contributed by atoms with Gasteiger partial charge in [-0.1, -0.05) is 36.4 Å². The zero-order chi connectivity index (χ0) is 12.8. The van der Waals surface area contributed by atoms with Gasteiger partial charge in [0.05, 0.1) is 5.39 Å². The van der Waals surface area contributed by atoms with Crippen molar-refractivity contribution in [2.24, 2.45) is 7.05 Å². The monoisotopic (exact) mass is 244 g/mol. The molecule has 0 amide bonds. The molecular weight excluding hydrogens is 230 g/mol. The summed E-state index contributed by atoms with van der Waals surface area (Å²) >= 11 is 0. The van der Waals surface area contributed by atoms with Gasteiger partial charge in [-0.3, -0.25) is 0 Å². The Kier molecular flexibility index (Phi) is 2.10. The molecule has 1 aromatic heterocycles. The molecule has 0 N–H and O–H groups in total. The predicted octanol–water partition coefficient (Wildman–Crippen LogP) is 3.97. The summed E-state index contributed by atoms with van der Waals surface area (Å²) in [4.78, 5) is 0. The number of aromatic nitrogens is 1. The zero-order valence-corrected chi connectivity index (χ0v) is 10.8. The highest BCUT2D eigenvalue weighted by atomic mass is 14.9. The highest BCUT2D eigenvalue weighted by Crippen LogP contribution is 2.29. The van der Waals surface area contributed by atoms with Crippen LogP contribution in [0.25, 0.3) is 32.4 Å².